The third-order valence-electron chi connectivity index (χ3n) is 7.95. The van der Waals surface area contributed by atoms with E-state index >= 15 is 0 Å². The van der Waals surface area contributed by atoms with Crippen molar-refractivity contribution in [3.05, 3.63) is 29.8 Å². The first kappa shape index (κ1) is 22.4. The Balaban J connectivity index is 1.20. The average Bonchev–Trinajstić information content (AvgIpc) is 3.48. The normalized spacial score (nSPS) is 32.9. The number of carbonyl (C=O) groups is 3. The standard InChI is InChI=1S/C25H32N4O3S/c1-15(30)26-20-5-3-4-18(14-20)22(31)29-10-8-19(9-11-29)25(2)23(32)28-24(33-25)27-21-13-16-6-7-17(21)12-16/h3-5,14,16-17,19,21H,6-13H2,1-2H3,(H,26,30)(H,27,28,32)/t16-,17-,21?,25?/m0/s1. The van der Waals surface area contributed by atoms with E-state index in [0.717, 1.165) is 23.9 Å². The average molecular weight is 469 g/mol. The van der Waals surface area contributed by atoms with Gasteiger partial charge in [-0.15, -0.1) is 0 Å². The molecule has 2 bridgehead atoms. The van der Waals surface area contributed by atoms with Crippen molar-refractivity contribution in [3.8, 4) is 0 Å². The maximum absolute atomic E-state index is 13.0. The fraction of sp³-hybridized carbons (Fsp3) is 0.600. The minimum Gasteiger partial charge on any atom is -0.339 e. The molecule has 3 amide bonds. The van der Waals surface area contributed by atoms with Gasteiger partial charge in [0.1, 0.15) is 4.75 Å². The third-order valence-corrected chi connectivity index (χ3v) is 9.30. The van der Waals surface area contributed by atoms with Crippen molar-refractivity contribution < 1.29 is 14.4 Å². The number of rotatable bonds is 4. The van der Waals surface area contributed by atoms with Crippen molar-refractivity contribution in [2.24, 2.45) is 22.7 Å². The van der Waals surface area contributed by atoms with E-state index in [4.69, 9.17) is 4.99 Å². The van der Waals surface area contributed by atoms with Crippen LogP contribution in [0.2, 0.25) is 0 Å². The van der Waals surface area contributed by atoms with Gasteiger partial charge in [0.2, 0.25) is 11.8 Å². The zero-order valence-corrected chi connectivity index (χ0v) is 20.1. The van der Waals surface area contributed by atoms with E-state index in [1.165, 1.54) is 32.6 Å². The second-order valence-electron chi connectivity index (χ2n) is 10.2. The number of thioether (sulfide) groups is 1. The van der Waals surface area contributed by atoms with Gasteiger partial charge in [0.15, 0.2) is 5.17 Å². The Morgan fingerprint density at radius 2 is 1.97 bits per heavy atom. The molecule has 2 saturated carbocycles. The van der Waals surface area contributed by atoms with Crippen molar-refractivity contribution >= 4 is 40.3 Å². The van der Waals surface area contributed by atoms with E-state index in [0.29, 0.717) is 36.3 Å². The van der Waals surface area contributed by atoms with Crippen LogP contribution in [0.15, 0.2) is 29.3 Å². The molecule has 0 aromatic heterocycles. The first-order chi connectivity index (χ1) is 15.8. The number of fused-ring (bicyclic) bond motifs is 2. The Labute approximate surface area is 199 Å². The predicted octanol–water partition coefficient (Wildman–Crippen LogP) is 3.66. The minimum absolute atomic E-state index is 0.0344. The van der Waals surface area contributed by atoms with Gasteiger partial charge < -0.3 is 15.5 Å². The first-order valence-corrected chi connectivity index (χ1v) is 12.9. The molecule has 4 atom stereocenters. The summed E-state index contributed by atoms with van der Waals surface area (Å²) in [4.78, 5) is 44.1. The molecule has 5 rings (SSSR count). The topological polar surface area (TPSA) is 90.9 Å². The summed E-state index contributed by atoms with van der Waals surface area (Å²) in [5.41, 5.74) is 1.19. The number of anilines is 1. The summed E-state index contributed by atoms with van der Waals surface area (Å²) >= 11 is 1.60. The van der Waals surface area contributed by atoms with Crippen LogP contribution in [0.4, 0.5) is 5.69 Å². The summed E-state index contributed by atoms with van der Waals surface area (Å²) in [7, 11) is 0. The highest BCUT2D eigenvalue weighted by atomic mass is 32.2. The monoisotopic (exact) mass is 468 g/mol. The SMILES string of the molecule is CC(=O)Nc1cccc(C(=O)N2CCC(C3(C)SC(=NC4C[C@H]5CC[C@H]4C5)NC3=O)CC2)c1. The lowest BCUT2D eigenvalue weighted by atomic mass is 9.84. The highest BCUT2D eigenvalue weighted by molar-refractivity contribution is 8.16. The van der Waals surface area contributed by atoms with Gasteiger partial charge in [-0.25, -0.2) is 0 Å². The molecule has 2 unspecified atom stereocenters. The second kappa shape index (κ2) is 8.78. The van der Waals surface area contributed by atoms with Gasteiger partial charge >= 0.3 is 0 Å². The van der Waals surface area contributed by atoms with Crippen LogP contribution in [0, 0.1) is 17.8 Å². The van der Waals surface area contributed by atoms with Crippen molar-refractivity contribution in [1.82, 2.24) is 10.2 Å². The van der Waals surface area contributed by atoms with E-state index in [9.17, 15) is 14.4 Å². The number of amides is 3. The number of amidine groups is 1. The van der Waals surface area contributed by atoms with Crippen LogP contribution in [0.25, 0.3) is 0 Å². The number of likely N-dealkylation sites (tertiary alicyclic amines) is 1. The number of hydrogen-bond donors (Lipinski definition) is 2. The lowest BCUT2D eigenvalue weighted by Crippen LogP contribution is -2.47. The Morgan fingerprint density at radius 3 is 2.64 bits per heavy atom. The lowest BCUT2D eigenvalue weighted by Gasteiger charge is -2.38. The van der Waals surface area contributed by atoms with Gasteiger partial charge in [-0.05, 0) is 75.0 Å². The lowest BCUT2D eigenvalue weighted by molar-refractivity contribution is -0.122. The van der Waals surface area contributed by atoms with Crippen molar-refractivity contribution in [1.29, 1.82) is 0 Å². The van der Waals surface area contributed by atoms with E-state index in [1.54, 1.807) is 36.0 Å². The van der Waals surface area contributed by atoms with Crippen LogP contribution in [0.3, 0.4) is 0 Å². The Kier molecular flexibility index (Phi) is 5.97. The van der Waals surface area contributed by atoms with Crippen molar-refractivity contribution in [2.45, 2.75) is 63.2 Å². The molecular weight excluding hydrogens is 436 g/mol. The molecule has 4 fully saturated rings. The number of carbonyl (C=O) groups excluding carboxylic acids is 3. The van der Waals surface area contributed by atoms with Gasteiger partial charge in [0.05, 0.1) is 6.04 Å². The van der Waals surface area contributed by atoms with Gasteiger partial charge in [-0.3, -0.25) is 19.4 Å². The van der Waals surface area contributed by atoms with E-state index in [2.05, 4.69) is 10.6 Å². The zero-order chi connectivity index (χ0) is 23.2. The minimum atomic E-state index is -0.531. The molecule has 2 saturated heterocycles. The van der Waals surface area contributed by atoms with E-state index in [-0.39, 0.29) is 23.6 Å². The van der Waals surface area contributed by atoms with Crippen molar-refractivity contribution in [3.63, 3.8) is 0 Å². The molecular formula is C25H32N4O3S. The third kappa shape index (κ3) is 4.42. The summed E-state index contributed by atoms with van der Waals surface area (Å²) in [6, 6.07) is 7.43. The molecule has 2 N–H and O–H groups in total. The molecule has 1 aromatic carbocycles. The summed E-state index contributed by atoms with van der Waals surface area (Å²) in [5, 5.41) is 6.60. The van der Waals surface area contributed by atoms with Crippen LogP contribution < -0.4 is 10.6 Å². The largest absolute Gasteiger partial charge is 0.339 e. The quantitative estimate of drug-likeness (QED) is 0.706. The van der Waals surface area contributed by atoms with Crippen LogP contribution in [-0.2, 0) is 9.59 Å². The van der Waals surface area contributed by atoms with Gasteiger partial charge in [0, 0.05) is 31.3 Å². The maximum atomic E-state index is 13.0. The van der Waals surface area contributed by atoms with Gasteiger partial charge in [-0.2, -0.15) is 0 Å². The maximum Gasteiger partial charge on any atom is 0.253 e. The van der Waals surface area contributed by atoms with Crippen LogP contribution in [0.5, 0.6) is 0 Å². The number of aliphatic imine (C=N–C) groups is 1. The highest BCUT2D eigenvalue weighted by Crippen LogP contribution is 2.48. The summed E-state index contributed by atoms with van der Waals surface area (Å²) in [6.45, 7) is 4.73. The number of hydrogen-bond acceptors (Lipinski definition) is 5. The molecule has 1 aromatic rings. The molecule has 2 aliphatic heterocycles. The fourth-order valence-electron chi connectivity index (χ4n) is 6.09. The highest BCUT2D eigenvalue weighted by Gasteiger charge is 2.50. The molecule has 0 radical (unpaired) electrons. The number of piperidine rings is 1. The molecule has 0 spiro atoms. The smallest absolute Gasteiger partial charge is 0.253 e. The van der Waals surface area contributed by atoms with Gasteiger partial charge in [0.25, 0.3) is 5.91 Å². The number of nitrogens with one attached hydrogen (secondary N) is 2. The molecule has 7 nitrogen and oxygen atoms in total. The summed E-state index contributed by atoms with van der Waals surface area (Å²) < 4.78 is -0.531. The summed E-state index contributed by atoms with van der Waals surface area (Å²) in [6.07, 6.45) is 6.67. The summed E-state index contributed by atoms with van der Waals surface area (Å²) in [5.74, 6) is 1.59. The Hall–Kier alpha value is -2.35. The van der Waals surface area contributed by atoms with Crippen LogP contribution in [-0.4, -0.2) is 51.7 Å². The van der Waals surface area contributed by atoms with E-state index < -0.39 is 4.75 Å². The zero-order valence-electron chi connectivity index (χ0n) is 19.3. The van der Waals surface area contributed by atoms with E-state index in [1.807, 2.05) is 11.8 Å². The van der Waals surface area contributed by atoms with Crippen LogP contribution >= 0.6 is 11.8 Å². The first-order valence-electron chi connectivity index (χ1n) is 12.1. The molecule has 2 aliphatic carbocycles. The van der Waals surface area contributed by atoms with Gasteiger partial charge in [-0.1, -0.05) is 24.2 Å². The molecule has 33 heavy (non-hydrogen) atoms. The Morgan fingerprint density at radius 1 is 1.18 bits per heavy atom. The molecule has 8 heteroatoms. The molecule has 176 valence electrons. The number of benzene rings is 1. The predicted molar refractivity (Wildman–Crippen MR) is 130 cm³/mol. The Bertz CT molecular complexity index is 1000. The second-order valence-corrected chi connectivity index (χ2v) is 11.6. The van der Waals surface area contributed by atoms with Crippen molar-refractivity contribution in [2.75, 3.05) is 18.4 Å². The molecule has 4 aliphatic rings. The number of nitrogens with zero attached hydrogens (tertiary/aromatic N) is 2. The fourth-order valence-corrected chi connectivity index (χ4v) is 7.37. The van der Waals surface area contributed by atoms with Crippen LogP contribution in [0.1, 0.15) is 62.7 Å². The molecule has 2 heterocycles.